The van der Waals surface area contributed by atoms with E-state index in [0.717, 1.165) is 5.56 Å². The van der Waals surface area contributed by atoms with Crippen molar-refractivity contribution < 1.29 is 14.3 Å². The van der Waals surface area contributed by atoms with Gasteiger partial charge in [-0.3, -0.25) is 9.59 Å². The molecule has 19 heavy (non-hydrogen) atoms. The number of halogens is 1. The number of ether oxygens (including phenoxy) is 1. The zero-order chi connectivity index (χ0) is 13.4. The van der Waals surface area contributed by atoms with Crippen molar-refractivity contribution >= 4 is 24.3 Å². The van der Waals surface area contributed by atoms with E-state index in [1.165, 1.54) is 0 Å². The SMILES string of the molecule is CCOC(=O)CCNC(=O)C(N)c1ccccc1.Cl. The average molecular weight is 287 g/mol. The summed E-state index contributed by atoms with van der Waals surface area (Å²) in [4.78, 5) is 22.8. The zero-order valence-electron chi connectivity index (χ0n) is 10.8. The predicted octanol–water partition coefficient (Wildman–Crippen LogP) is 1.18. The number of carbonyl (C=O) groups is 2. The first kappa shape index (κ1) is 17.4. The lowest BCUT2D eigenvalue weighted by Gasteiger charge is -2.12. The summed E-state index contributed by atoms with van der Waals surface area (Å²) < 4.78 is 4.75. The highest BCUT2D eigenvalue weighted by Crippen LogP contribution is 2.08. The van der Waals surface area contributed by atoms with Crippen molar-refractivity contribution in [3.05, 3.63) is 35.9 Å². The number of esters is 1. The van der Waals surface area contributed by atoms with Crippen LogP contribution in [-0.4, -0.2) is 25.0 Å². The van der Waals surface area contributed by atoms with Crippen LogP contribution in [0.1, 0.15) is 24.9 Å². The topological polar surface area (TPSA) is 81.4 Å². The minimum atomic E-state index is -0.714. The number of amides is 1. The molecule has 1 amide bonds. The van der Waals surface area contributed by atoms with Crippen molar-refractivity contribution in [3.63, 3.8) is 0 Å². The summed E-state index contributed by atoms with van der Waals surface area (Å²) >= 11 is 0. The molecular formula is C13H19ClN2O3. The van der Waals surface area contributed by atoms with Crippen molar-refractivity contribution in [2.45, 2.75) is 19.4 Å². The van der Waals surface area contributed by atoms with Crippen LogP contribution in [0.4, 0.5) is 0 Å². The number of nitrogens with one attached hydrogen (secondary N) is 1. The van der Waals surface area contributed by atoms with E-state index in [1.54, 1.807) is 19.1 Å². The number of hydrogen-bond donors (Lipinski definition) is 2. The molecule has 0 aliphatic heterocycles. The normalized spacial score (nSPS) is 11.1. The molecule has 0 heterocycles. The summed E-state index contributed by atoms with van der Waals surface area (Å²) in [5.41, 5.74) is 6.53. The molecule has 0 radical (unpaired) electrons. The van der Waals surface area contributed by atoms with Crippen LogP contribution in [0, 0.1) is 0 Å². The van der Waals surface area contributed by atoms with Crippen molar-refractivity contribution in [3.8, 4) is 0 Å². The van der Waals surface area contributed by atoms with Gasteiger partial charge in [-0.1, -0.05) is 30.3 Å². The summed E-state index contributed by atoms with van der Waals surface area (Å²) in [6, 6.07) is 8.36. The molecule has 0 saturated carbocycles. The van der Waals surface area contributed by atoms with E-state index < -0.39 is 6.04 Å². The van der Waals surface area contributed by atoms with Gasteiger partial charge < -0.3 is 15.8 Å². The quantitative estimate of drug-likeness (QED) is 0.770. The molecule has 3 N–H and O–H groups in total. The molecule has 6 heteroatoms. The Labute approximate surface area is 118 Å². The first-order chi connectivity index (χ1) is 8.65. The molecule has 0 aliphatic rings. The van der Waals surface area contributed by atoms with Gasteiger partial charge in [0.2, 0.25) is 5.91 Å². The standard InChI is InChI=1S/C13H18N2O3.ClH/c1-2-18-11(16)8-9-15-13(17)12(14)10-6-4-3-5-7-10;/h3-7,12H,2,8-9,14H2,1H3,(H,15,17);1H. The highest BCUT2D eigenvalue weighted by Gasteiger charge is 2.15. The molecule has 0 saturated heterocycles. The Hall–Kier alpha value is -1.59. The summed E-state index contributed by atoms with van der Waals surface area (Å²) in [5.74, 6) is -0.628. The monoisotopic (exact) mass is 286 g/mol. The van der Waals surface area contributed by atoms with Crippen LogP contribution in [0.15, 0.2) is 30.3 Å². The van der Waals surface area contributed by atoms with Gasteiger partial charge in [0.25, 0.3) is 0 Å². The van der Waals surface area contributed by atoms with E-state index in [9.17, 15) is 9.59 Å². The first-order valence-corrected chi connectivity index (χ1v) is 5.89. The lowest BCUT2D eigenvalue weighted by molar-refractivity contribution is -0.143. The maximum atomic E-state index is 11.7. The second kappa shape index (κ2) is 9.35. The number of carbonyl (C=O) groups excluding carboxylic acids is 2. The highest BCUT2D eigenvalue weighted by atomic mass is 35.5. The third-order valence-corrected chi connectivity index (χ3v) is 2.37. The van der Waals surface area contributed by atoms with Crippen molar-refractivity contribution in [2.75, 3.05) is 13.2 Å². The number of rotatable bonds is 6. The maximum Gasteiger partial charge on any atom is 0.307 e. The van der Waals surface area contributed by atoms with Gasteiger partial charge in [-0.2, -0.15) is 0 Å². The number of nitrogens with two attached hydrogens (primary N) is 1. The van der Waals surface area contributed by atoms with Gasteiger partial charge in [0.15, 0.2) is 0 Å². The van der Waals surface area contributed by atoms with Gasteiger partial charge in [0.1, 0.15) is 6.04 Å². The molecular weight excluding hydrogens is 268 g/mol. The Balaban J connectivity index is 0.00000324. The van der Waals surface area contributed by atoms with Crippen LogP contribution >= 0.6 is 12.4 Å². The number of benzene rings is 1. The van der Waals surface area contributed by atoms with E-state index in [-0.39, 0.29) is 37.2 Å². The van der Waals surface area contributed by atoms with E-state index >= 15 is 0 Å². The summed E-state index contributed by atoms with van der Waals surface area (Å²) in [6.07, 6.45) is 0.154. The van der Waals surface area contributed by atoms with Gasteiger partial charge in [-0.25, -0.2) is 0 Å². The van der Waals surface area contributed by atoms with Crippen LogP contribution in [0.2, 0.25) is 0 Å². The van der Waals surface area contributed by atoms with Crippen molar-refractivity contribution in [2.24, 2.45) is 5.73 Å². The van der Waals surface area contributed by atoms with Crippen LogP contribution in [-0.2, 0) is 14.3 Å². The molecule has 0 aliphatic carbocycles. The Kier molecular flexibility index (Phi) is 8.57. The molecule has 1 aromatic carbocycles. The fraction of sp³-hybridized carbons (Fsp3) is 0.385. The fourth-order valence-electron chi connectivity index (χ4n) is 1.44. The molecule has 106 valence electrons. The van der Waals surface area contributed by atoms with Gasteiger partial charge in [-0.15, -0.1) is 12.4 Å². The van der Waals surface area contributed by atoms with Crippen LogP contribution in [0.25, 0.3) is 0 Å². The highest BCUT2D eigenvalue weighted by molar-refractivity contribution is 5.85. The van der Waals surface area contributed by atoms with Gasteiger partial charge >= 0.3 is 5.97 Å². The fourth-order valence-corrected chi connectivity index (χ4v) is 1.44. The molecule has 1 aromatic rings. The average Bonchev–Trinajstić information content (AvgIpc) is 2.39. The van der Waals surface area contributed by atoms with Crippen molar-refractivity contribution in [1.82, 2.24) is 5.32 Å². The first-order valence-electron chi connectivity index (χ1n) is 5.89. The van der Waals surface area contributed by atoms with Gasteiger partial charge in [0, 0.05) is 6.54 Å². The minimum absolute atomic E-state index is 0. The molecule has 1 atom stereocenters. The Morgan fingerprint density at radius 1 is 1.32 bits per heavy atom. The van der Waals surface area contributed by atoms with Crippen LogP contribution in [0.3, 0.4) is 0 Å². The van der Waals surface area contributed by atoms with Crippen molar-refractivity contribution in [1.29, 1.82) is 0 Å². The van der Waals surface area contributed by atoms with E-state index in [2.05, 4.69) is 5.32 Å². The van der Waals surface area contributed by atoms with Crippen LogP contribution < -0.4 is 11.1 Å². The maximum absolute atomic E-state index is 11.7. The second-order valence-corrected chi connectivity index (χ2v) is 3.73. The van der Waals surface area contributed by atoms with Gasteiger partial charge in [0.05, 0.1) is 13.0 Å². The molecule has 1 unspecified atom stereocenters. The zero-order valence-corrected chi connectivity index (χ0v) is 11.6. The molecule has 0 aromatic heterocycles. The molecule has 0 spiro atoms. The third kappa shape index (κ3) is 6.22. The van der Waals surface area contributed by atoms with Crippen LogP contribution in [0.5, 0.6) is 0 Å². The molecule has 0 fully saturated rings. The third-order valence-electron chi connectivity index (χ3n) is 2.37. The lowest BCUT2D eigenvalue weighted by Crippen LogP contribution is -2.35. The summed E-state index contributed by atoms with van der Waals surface area (Å²) in [6.45, 7) is 2.32. The summed E-state index contributed by atoms with van der Waals surface area (Å²) in [7, 11) is 0. The summed E-state index contributed by atoms with van der Waals surface area (Å²) in [5, 5.41) is 2.61. The smallest absolute Gasteiger partial charge is 0.307 e. The molecule has 1 rings (SSSR count). The van der Waals surface area contributed by atoms with Gasteiger partial charge in [-0.05, 0) is 12.5 Å². The Bertz CT molecular complexity index is 398. The number of hydrogen-bond acceptors (Lipinski definition) is 4. The second-order valence-electron chi connectivity index (χ2n) is 3.73. The Morgan fingerprint density at radius 3 is 2.53 bits per heavy atom. The Morgan fingerprint density at radius 2 is 1.95 bits per heavy atom. The molecule has 0 bridgehead atoms. The van der Waals surface area contributed by atoms with E-state index in [4.69, 9.17) is 10.5 Å². The van der Waals surface area contributed by atoms with E-state index in [1.807, 2.05) is 18.2 Å². The van der Waals surface area contributed by atoms with E-state index in [0.29, 0.717) is 6.61 Å². The lowest BCUT2D eigenvalue weighted by atomic mass is 10.1. The predicted molar refractivity (Wildman–Crippen MR) is 74.9 cm³/mol. The minimum Gasteiger partial charge on any atom is -0.466 e. The largest absolute Gasteiger partial charge is 0.466 e. The molecule has 5 nitrogen and oxygen atoms in total.